The molecule has 0 aliphatic rings. The van der Waals surface area contributed by atoms with Crippen molar-refractivity contribution < 1.29 is 22.0 Å². The van der Waals surface area contributed by atoms with Crippen molar-refractivity contribution in [3.8, 4) is 0 Å². The average molecular weight is 229 g/mol. The van der Waals surface area contributed by atoms with Gasteiger partial charge in [0.25, 0.3) is 10.0 Å². The van der Waals surface area contributed by atoms with Gasteiger partial charge in [-0.2, -0.15) is 8.78 Å². The quantitative estimate of drug-likeness (QED) is 0.773. The van der Waals surface area contributed by atoms with Crippen LogP contribution in [0.25, 0.3) is 0 Å². The smallest absolute Gasteiger partial charge is 0.298 e. The first-order valence-corrected chi connectivity index (χ1v) is 5.42. The molecule has 4 nitrogen and oxygen atoms in total. The fourth-order valence-corrected chi connectivity index (χ4v) is 0.953. The van der Waals surface area contributed by atoms with Gasteiger partial charge in [-0.1, -0.05) is 20.8 Å². The third kappa shape index (κ3) is 4.10. The lowest BCUT2D eigenvalue weighted by atomic mass is 9.91. The maximum absolute atomic E-state index is 11.8. The van der Waals surface area contributed by atoms with Crippen molar-refractivity contribution >= 4 is 15.8 Å². The SMILES string of the molecule is CC(C)(C)C(=O)CNS(=O)(=O)C(F)F. The monoisotopic (exact) mass is 229 g/mol. The van der Waals surface area contributed by atoms with Crippen LogP contribution < -0.4 is 4.72 Å². The molecule has 0 radical (unpaired) electrons. The zero-order valence-electron chi connectivity index (χ0n) is 8.17. The number of carbonyl (C=O) groups excluding carboxylic acids is 1. The van der Waals surface area contributed by atoms with Gasteiger partial charge in [-0.05, 0) is 0 Å². The van der Waals surface area contributed by atoms with Gasteiger partial charge < -0.3 is 0 Å². The summed E-state index contributed by atoms with van der Waals surface area (Å²) in [6, 6.07) is 0. The molecule has 14 heavy (non-hydrogen) atoms. The van der Waals surface area contributed by atoms with Gasteiger partial charge in [0.15, 0.2) is 5.78 Å². The van der Waals surface area contributed by atoms with Crippen LogP contribution >= 0.6 is 0 Å². The van der Waals surface area contributed by atoms with Crippen LogP contribution in [0.1, 0.15) is 20.8 Å². The molecule has 0 unspecified atom stereocenters. The van der Waals surface area contributed by atoms with Crippen LogP contribution in [0.3, 0.4) is 0 Å². The first-order valence-electron chi connectivity index (χ1n) is 3.87. The zero-order valence-corrected chi connectivity index (χ0v) is 8.99. The van der Waals surface area contributed by atoms with E-state index in [0.29, 0.717) is 0 Å². The van der Waals surface area contributed by atoms with Crippen LogP contribution in [-0.2, 0) is 14.8 Å². The minimum absolute atomic E-state index is 0.443. The number of nitrogens with one attached hydrogen (secondary N) is 1. The molecular formula is C7H13F2NO3S. The maximum atomic E-state index is 11.8. The number of ketones is 1. The van der Waals surface area contributed by atoms with Crippen molar-refractivity contribution in [2.75, 3.05) is 6.54 Å². The van der Waals surface area contributed by atoms with Gasteiger partial charge >= 0.3 is 5.76 Å². The molecule has 0 aromatic carbocycles. The highest BCUT2D eigenvalue weighted by molar-refractivity contribution is 7.89. The first-order chi connectivity index (χ1) is 6.07. The molecular weight excluding hydrogens is 216 g/mol. The number of rotatable bonds is 4. The number of carbonyl (C=O) groups is 1. The average Bonchev–Trinajstić information content (AvgIpc) is 1.98. The van der Waals surface area contributed by atoms with Gasteiger partial charge in [0.1, 0.15) is 0 Å². The third-order valence-electron chi connectivity index (χ3n) is 1.50. The van der Waals surface area contributed by atoms with Gasteiger partial charge in [-0.3, -0.25) is 4.79 Å². The molecule has 0 fully saturated rings. The Bertz CT molecular complexity index is 305. The normalized spacial score (nSPS) is 13.3. The highest BCUT2D eigenvalue weighted by atomic mass is 32.2. The molecule has 0 saturated heterocycles. The molecule has 0 spiro atoms. The molecule has 0 aliphatic carbocycles. The molecule has 0 rings (SSSR count). The Morgan fingerprint density at radius 1 is 1.36 bits per heavy atom. The fourth-order valence-electron chi connectivity index (χ4n) is 0.494. The van der Waals surface area contributed by atoms with Crippen LogP contribution in [0.15, 0.2) is 0 Å². The number of alkyl halides is 2. The molecule has 0 amide bonds. The minimum atomic E-state index is -4.66. The van der Waals surface area contributed by atoms with Gasteiger partial charge in [0.2, 0.25) is 0 Å². The molecule has 0 aliphatic heterocycles. The molecule has 0 bridgehead atoms. The predicted molar refractivity (Wildman–Crippen MR) is 47.4 cm³/mol. The van der Waals surface area contributed by atoms with E-state index < -0.39 is 33.5 Å². The lowest BCUT2D eigenvalue weighted by molar-refractivity contribution is -0.125. The lowest BCUT2D eigenvalue weighted by Gasteiger charge is -2.16. The Kier molecular flexibility index (Phi) is 4.14. The summed E-state index contributed by atoms with van der Waals surface area (Å²) in [7, 11) is -4.66. The van der Waals surface area contributed by atoms with Gasteiger partial charge in [0, 0.05) is 5.41 Å². The Balaban J connectivity index is 4.29. The standard InChI is InChI=1S/C7H13F2NO3S/c1-7(2,3)5(11)4-10-14(12,13)6(8)9/h6,10H,4H2,1-3H3. The van der Waals surface area contributed by atoms with E-state index in [4.69, 9.17) is 0 Å². The summed E-state index contributed by atoms with van der Waals surface area (Å²) in [6.07, 6.45) is 0. The first kappa shape index (κ1) is 13.4. The number of hydrogen-bond acceptors (Lipinski definition) is 3. The largest absolute Gasteiger partial charge is 0.350 e. The van der Waals surface area contributed by atoms with E-state index in [-0.39, 0.29) is 0 Å². The third-order valence-corrected chi connectivity index (χ3v) is 2.52. The lowest BCUT2D eigenvalue weighted by Crippen LogP contribution is -2.38. The van der Waals surface area contributed by atoms with E-state index in [9.17, 15) is 22.0 Å². The molecule has 0 saturated carbocycles. The van der Waals surface area contributed by atoms with Crippen LogP contribution in [0.5, 0.6) is 0 Å². The Hall–Kier alpha value is -0.560. The molecule has 0 heterocycles. The van der Waals surface area contributed by atoms with Gasteiger partial charge in [-0.15, -0.1) is 0 Å². The highest BCUT2D eigenvalue weighted by Gasteiger charge is 2.27. The fraction of sp³-hybridized carbons (Fsp3) is 0.857. The van der Waals surface area contributed by atoms with E-state index >= 15 is 0 Å². The minimum Gasteiger partial charge on any atom is -0.298 e. The van der Waals surface area contributed by atoms with Gasteiger partial charge in [-0.25, -0.2) is 13.1 Å². The molecule has 7 heteroatoms. The second-order valence-electron chi connectivity index (χ2n) is 3.80. The molecule has 84 valence electrons. The summed E-state index contributed by atoms with van der Waals surface area (Å²) >= 11 is 0. The summed E-state index contributed by atoms with van der Waals surface area (Å²) in [6.45, 7) is 4.13. The van der Waals surface area contributed by atoms with Crippen LogP contribution in [0.2, 0.25) is 0 Å². The Labute approximate surface area is 81.7 Å². The van der Waals surface area contributed by atoms with E-state index in [2.05, 4.69) is 0 Å². The van der Waals surface area contributed by atoms with Crippen LogP contribution in [-0.4, -0.2) is 26.5 Å². The van der Waals surface area contributed by atoms with E-state index in [0.717, 1.165) is 0 Å². The molecule has 0 aromatic rings. The summed E-state index contributed by atoms with van der Waals surface area (Å²) in [4.78, 5) is 11.2. The molecule has 0 atom stereocenters. The van der Waals surface area contributed by atoms with E-state index in [1.807, 2.05) is 0 Å². The second kappa shape index (κ2) is 4.31. The summed E-state index contributed by atoms with van der Waals surface area (Å²) in [5.41, 5.74) is -0.745. The van der Waals surface area contributed by atoms with Crippen molar-refractivity contribution in [3.05, 3.63) is 0 Å². The summed E-state index contributed by atoms with van der Waals surface area (Å²) in [5.74, 6) is -3.95. The highest BCUT2D eigenvalue weighted by Crippen LogP contribution is 2.14. The van der Waals surface area contributed by atoms with Crippen molar-refractivity contribution in [2.24, 2.45) is 5.41 Å². The Morgan fingerprint density at radius 3 is 2.07 bits per heavy atom. The molecule has 1 N–H and O–H groups in total. The van der Waals surface area contributed by atoms with Crippen LogP contribution in [0.4, 0.5) is 8.78 Å². The summed E-state index contributed by atoms with van der Waals surface area (Å²) < 4.78 is 46.2. The number of hydrogen-bond donors (Lipinski definition) is 1. The van der Waals surface area contributed by atoms with Crippen LogP contribution in [0, 0.1) is 5.41 Å². The topological polar surface area (TPSA) is 63.2 Å². The predicted octanol–water partition coefficient (Wildman–Crippen LogP) is 0.744. The maximum Gasteiger partial charge on any atom is 0.350 e. The number of halogens is 2. The summed E-state index contributed by atoms with van der Waals surface area (Å²) in [5, 5.41) is 0. The zero-order chi connectivity index (χ0) is 11.6. The second-order valence-corrected chi connectivity index (χ2v) is 5.53. The Morgan fingerprint density at radius 2 is 1.79 bits per heavy atom. The van der Waals surface area contributed by atoms with E-state index in [1.165, 1.54) is 4.72 Å². The van der Waals surface area contributed by atoms with Crippen molar-refractivity contribution in [1.29, 1.82) is 0 Å². The van der Waals surface area contributed by atoms with Crippen molar-refractivity contribution in [3.63, 3.8) is 0 Å². The van der Waals surface area contributed by atoms with Gasteiger partial charge in [0.05, 0.1) is 6.54 Å². The van der Waals surface area contributed by atoms with Crippen molar-refractivity contribution in [2.45, 2.75) is 26.5 Å². The number of sulfonamides is 1. The van der Waals surface area contributed by atoms with Crippen molar-refractivity contribution in [1.82, 2.24) is 4.72 Å². The number of Topliss-reactive ketones (excluding diaryl/α,β-unsaturated/α-hetero) is 1. The molecule has 0 aromatic heterocycles. The van der Waals surface area contributed by atoms with E-state index in [1.54, 1.807) is 20.8 Å².